The Hall–Kier alpha value is -4.44. The first-order valence-corrected chi connectivity index (χ1v) is 22.2. The lowest BCUT2D eigenvalue weighted by Gasteiger charge is -2.09. The molecule has 0 aliphatic rings. The first-order chi connectivity index (χ1) is 27.7. The summed E-state index contributed by atoms with van der Waals surface area (Å²) in [4.78, 5) is 9.68. The molecule has 0 fully saturated rings. The maximum atomic E-state index is 6.04. The van der Waals surface area contributed by atoms with Gasteiger partial charge in [0.05, 0.1) is 24.6 Å². The van der Waals surface area contributed by atoms with Gasteiger partial charge in [0, 0.05) is 34.6 Å². The molecule has 0 unspecified atom stereocenters. The van der Waals surface area contributed by atoms with Crippen molar-refractivity contribution in [2.75, 3.05) is 13.2 Å². The summed E-state index contributed by atoms with van der Waals surface area (Å²) in [5.41, 5.74) is 8.50. The summed E-state index contributed by atoms with van der Waals surface area (Å²) in [5.74, 6) is 1.87. The second-order valence-corrected chi connectivity index (χ2v) is 15.6. The van der Waals surface area contributed by atoms with Gasteiger partial charge in [-0.3, -0.25) is 9.97 Å². The summed E-state index contributed by atoms with van der Waals surface area (Å²) in [6.07, 6.45) is 30.6. The summed E-state index contributed by atoms with van der Waals surface area (Å²) in [6, 6.07) is 33.8. The molecule has 0 amide bonds. The smallest absolute Gasteiger partial charge is 0.119 e. The van der Waals surface area contributed by atoms with Crippen molar-refractivity contribution in [2.24, 2.45) is 0 Å². The van der Waals surface area contributed by atoms with Crippen molar-refractivity contribution >= 4 is 0 Å². The first kappa shape index (κ1) is 42.7. The van der Waals surface area contributed by atoms with Crippen molar-refractivity contribution in [3.05, 3.63) is 109 Å². The molecule has 0 N–H and O–H groups in total. The van der Waals surface area contributed by atoms with Gasteiger partial charge >= 0.3 is 0 Å². The van der Waals surface area contributed by atoms with E-state index >= 15 is 0 Å². The minimum Gasteiger partial charge on any atom is -0.494 e. The summed E-state index contributed by atoms with van der Waals surface area (Å²) in [5, 5.41) is 0. The molecule has 298 valence electrons. The van der Waals surface area contributed by atoms with E-state index in [1.54, 1.807) is 0 Å². The zero-order chi connectivity index (χ0) is 38.9. The second-order valence-electron chi connectivity index (χ2n) is 15.6. The molecule has 0 radical (unpaired) electrons. The largest absolute Gasteiger partial charge is 0.494 e. The summed E-state index contributed by atoms with van der Waals surface area (Å²) in [7, 11) is 0. The number of hydrogen-bond donors (Lipinski definition) is 0. The van der Waals surface area contributed by atoms with Crippen LogP contribution in [0.3, 0.4) is 0 Å². The topological polar surface area (TPSA) is 44.2 Å². The van der Waals surface area contributed by atoms with E-state index in [0.717, 1.165) is 82.3 Å². The van der Waals surface area contributed by atoms with Crippen molar-refractivity contribution < 1.29 is 9.47 Å². The molecule has 0 saturated heterocycles. The molecule has 0 spiro atoms. The molecular weight excluding hydrogens is 685 g/mol. The van der Waals surface area contributed by atoms with Gasteiger partial charge in [-0.25, -0.2) is 0 Å². The van der Waals surface area contributed by atoms with Crippen molar-refractivity contribution in [1.82, 2.24) is 9.97 Å². The van der Waals surface area contributed by atoms with E-state index in [0.29, 0.717) is 0 Å². The van der Waals surface area contributed by atoms with E-state index in [1.165, 1.54) is 116 Å². The Balaban J connectivity index is 1.02. The van der Waals surface area contributed by atoms with E-state index in [1.807, 2.05) is 12.4 Å². The average Bonchev–Trinajstić information content (AvgIpc) is 3.25. The van der Waals surface area contributed by atoms with E-state index in [4.69, 9.17) is 19.4 Å². The monoisotopic (exact) mass is 753 g/mol. The molecule has 0 aliphatic carbocycles. The van der Waals surface area contributed by atoms with Crippen molar-refractivity contribution in [2.45, 2.75) is 142 Å². The minimum atomic E-state index is 0.786. The maximum absolute atomic E-state index is 6.04. The van der Waals surface area contributed by atoms with E-state index < -0.39 is 0 Å². The fourth-order valence-corrected chi connectivity index (χ4v) is 7.35. The molecule has 5 aromatic rings. The second kappa shape index (κ2) is 25.7. The zero-order valence-corrected chi connectivity index (χ0v) is 34.7. The van der Waals surface area contributed by atoms with Crippen LogP contribution in [0.25, 0.3) is 44.8 Å². The van der Waals surface area contributed by atoms with Crippen LogP contribution in [0.1, 0.15) is 142 Å². The number of pyridine rings is 2. The molecule has 0 aliphatic heterocycles. The molecule has 56 heavy (non-hydrogen) atoms. The fourth-order valence-electron chi connectivity index (χ4n) is 7.35. The maximum Gasteiger partial charge on any atom is 0.119 e. The quantitative estimate of drug-likeness (QED) is 0.0477. The average molecular weight is 753 g/mol. The molecule has 4 nitrogen and oxygen atoms in total. The van der Waals surface area contributed by atoms with Gasteiger partial charge in [0.1, 0.15) is 11.5 Å². The predicted molar refractivity (Wildman–Crippen MR) is 238 cm³/mol. The van der Waals surface area contributed by atoms with Crippen LogP contribution in [0.15, 0.2) is 109 Å². The van der Waals surface area contributed by atoms with Crippen LogP contribution < -0.4 is 9.47 Å². The Kier molecular flexibility index (Phi) is 19.6. The third-order valence-electron chi connectivity index (χ3n) is 10.9. The molecule has 0 atom stereocenters. The van der Waals surface area contributed by atoms with Gasteiger partial charge in [-0.2, -0.15) is 0 Å². The summed E-state index contributed by atoms with van der Waals surface area (Å²) in [6.45, 7) is 6.13. The van der Waals surface area contributed by atoms with Crippen molar-refractivity contribution in [1.29, 1.82) is 0 Å². The van der Waals surface area contributed by atoms with Crippen LogP contribution in [-0.2, 0) is 0 Å². The highest BCUT2D eigenvalue weighted by Crippen LogP contribution is 2.29. The molecule has 0 saturated carbocycles. The Morgan fingerprint density at radius 3 is 1.02 bits per heavy atom. The molecule has 4 heteroatoms. The number of benzene rings is 3. The highest BCUT2D eigenvalue weighted by molar-refractivity contribution is 5.73. The molecule has 5 rings (SSSR count). The van der Waals surface area contributed by atoms with Gasteiger partial charge in [-0.05, 0) is 66.4 Å². The molecule has 0 bridgehead atoms. The minimum absolute atomic E-state index is 0.786. The highest BCUT2D eigenvalue weighted by atomic mass is 16.5. The van der Waals surface area contributed by atoms with Gasteiger partial charge in [-0.1, -0.05) is 184 Å². The Bertz CT molecular complexity index is 1620. The third kappa shape index (κ3) is 15.2. The summed E-state index contributed by atoms with van der Waals surface area (Å²) >= 11 is 0. The lowest BCUT2D eigenvalue weighted by atomic mass is 10.0. The number of nitrogens with zero attached hydrogens (tertiary/aromatic N) is 2. The standard InChI is InChI=1S/C52H68N2O2/c1-3-5-7-9-11-13-15-17-19-21-38-55-49-32-26-43(27-33-49)47-30-36-51(53-41-47)45-24-23-25-46(40-45)52-37-31-48(42-54-52)44-28-34-50(35-29-44)56-39-22-20-18-16-14-12-10-8-6-4-2/h23-37,40-42H,3-22,38-39H2,1-2H3. The van der Waals surface area contributed by atoms with Gasteiger partial charge in [0.25, 0.3) is 0 Å². The number of rotatable bonds is 28. The molecule has 2 heterocycles. The van der Waals surface area contributed by atoms with Crippen LogP contribution in [0.4, 0.5) is 0 Å². The Morgan fingerprint density at radius 2 is 0.679 bits per heavy atom. The first-order valence-electron chi connectivity index (χ1n) is 22.2. The fraction of sp³-hybridized carbons (Fsp3) is 0.462. The zero-order valence-electron chi connectivity index (χ0n) is 34.7. The van der Waals surface area contributed by atoms with Gasteiger partial charge in [0.2, 0.25) is 0 Å². The summed E-state index contributed by atoms with van der Waals surface area (Å²) < 4.78 is 12.1. The van der Waals surface area contributed by atoms with Crippen molar-refractivity contribution in [3.63, 3.8) is 0 Å². The number of ether oxygens (including phenoxy) is 2. The van der Waals surface area contributed by atoms with Gasteiger partial charge in [0.15, 0.2) is 0 Å². The van der Waals surface area contributed by atoms with Crippen molar-refractivity contribution in [3.8, 4) is 56.3 Å². The van der Waals surface area contributed by atoms with Gasteiger partial charge < -0.3 is 9.47 Å². The van der Waals surface area contributed by atoms with Crippen LogP contribution in [-0.4, -0.2) is 23.2 Å². The van der Waals surface area contributed by atoms with E-state index in [-0.39, 0.29) is 0 Å². The number of hydrogen-bond acceptors (Lipinski definition) is 4. The Morgan fingerprint density at radius 1 is 0.339 bits per heavy atom. The third-order valence-corrected chi connectivity index (χ3v) is 10.9. The lowest BCUT2D eigenvalue weighted by molar-refractivity contribution is 0.304. The molecule has 2 aromatic heterocycles. The van der Waals surface area contributed by atoms with Crippen LogP contribution in [0.5, 0.6) is 11.5 Å². The van der Waals surface area contributed by atoms with E-state index in [2.05, 4.69) is 111 Å². The lowest BCUT2D eigenvalue weighted by Crippen LogP contribution is -1.97. The highest BCUT2D eigenvalue weighted by Gasteiger charge is 2.07. The molecular formula is C52H68N2O2. The van der Waals surface area contributed by atoms with Crippen LogP contribution >= 0.6 is 0 Å². The number of aromatic nitrogens is 2. The van der Waals surface area contributed by atoms with Crippen LogP contribution in [0.2, 0.25) is 0 Å². The predicted octanol–water partition coefficient (Wildman–Crippen LogP) is 15.7. The van der Waals surface area contributed by atoms with E-state index in [9.17, 15) is 0 Å². The SMILES string of the molecule is CCCCCCCCCCCCOc1ccc(-c2ccc(-c3cccc(-c4ccc(-c5ccc(OCCCCCCCCCCCC)cc5)cn4)c3)nc2)cc1. The molecule has 3 aromatic carbocycles. The van der Waals surface area contributed by atoms with Gasteiger partial charge in [-0.15, -0.1) is 0 Å². The Labute approximate surface area is 339 Å². The van der Waals surface area contributed by atoms with Crippen LogP contribution in [0, 0.1) is 0 Å². The normalized spacial score (nSPS) is 11.2. The number of unbranched alkanes of at least 4 members (excludes halogenated alkanes) is 18.